The number of nitrogens with zero attached hydrogens (tertiary/aromatic N) is 8. The fraction of sp³-hybridized carbons (Fsp3) is 0.182. The van der Waals surface area contributed by atoms with E-state index in [1.54, 1.807) is 98.1 Å². The second-order valence-electron chi connectivity index (χ2n) is 20.8. The summed E-state index contributed by atoms with van der Waals surface area (Å²) in [6.45, 7) is 6.07. The van der Waals surface area contributed by atoms with Crippen LogP contribution < -0.4 is 59.7 Å². The van der Waals surface area contributed by atoms with Gasteiger partial charge in [-0.2, -0.15) is 0 Å². The molecule has 4 N–H and O–H groups in total. The number of pyridine rings is 4. The van der Waals surface area contributed by atoms with E-state index in [4.69, 9.17) is 42.7 Å². The summed E-state index contributed by atoms with van der Waals surface area (Å²) < 4.78 is 24.1. The van der Waals surface area contributed by atoms with E-state index in [1.807, 2.05) is 60.7 Å². The van der Waals surface area contributed by atoms with Crippen molar-refractivity contribution in [3.63, 3.8) is 0 Å². The van der Waals surface area contributed by atoms with E-state index in [1.165, 1.54) is 18.3 Å². The van der Waals surface area contributed by atoms with E-state index >= 15 is 0 Å². The average Bonchev–Trinajstić information content (AvgIpc) is 1.54. The van der Waals surface area contributed by atoms with Gasteiger partial charge in [0, 0.05) is 127 Å². The number of carbonyl (C=O) groups excluding carboxylic acids is 4. The van der Waals surface area contributed by atoms with Crippen LogP contribution >= 0.6 is 23.2 Å². The van der Waals surface area contributed by atoms with E-state index in [9.17, 15) is 19.2 Å². The van der Waals surface area contributed by atoms with Crippen LogP contribution in [-0.4, -0.2) is 58.9 Å². The quantitative estimate of drug-likeness (QED) is 0.0611. The smallest absolute Gasteiger partial charge is 0.406 e. The molecule has 13 rings (SSSR count). The van der Waals surface area contributed by atoms with Gasteiger partial charge in [0.25, 0.3) is 0 Å². The van der Waals surface area contributed by atoms with Crippen LogP contribution in [0.4, 0.5) is 11.4 Å². The van der Waals surface area contributed by atoms with Crippen LogP contribution in [0.15, 0.2) is 181 Å². The summed E-state index contributed by atoms with van der Waals surface area (Å²) in [5.41, 5.74) is 8.09. The van der Waals surface area contributed by atoms with Crippen LogP contribution in [0.3, 0.4) is 0 Å². The molecule has 0 spiro atoms. The number of hydrogen-bond donors (Lipinski definition) is 4. The number of fused-ring (bicyclic) bond motifs is 10. The number of para-hydroxylation sites is 1. The predicted molar refractivity (Wildman–Crippen MR) is 324 cm³/mol. The highest BCUT2D eigenvalue weighted by Crippen LogP contribution is 2.48. The molecule has 2 aliphatic heterocycles. The highest BCUT2D eigenvalue weighted by Gasteiger charge is 2.32. The predicted octanol–water partition coefficient (Wildman–Crippen LogP) is 8.23. The third kappa shape index (κ3) is 10.3. The second-order valence-corrected chi connectivity index (χ2v) is 21.6. The summed E-state index contributed by atoms with van der Waals surface area (Å²) in [7, 11) is 0. The van der Waals surface area contributed by atoms with Gasteiger partial charge in [0.05, 0.1) is 16.6 Å². The van der Waals surface area contributed by atoms with Crippen molar-refractivity contribution < 1.29 is 46.9 Å². The molecule has 0 radical (unpaired) electrons. The van der Waals surface area contributed by atoms with Gasteiger partial charge in [0.2, 0.25) is 0 Å². The lowest BCUT2D eigenvalue weighted by Gasteiger charge is -2.23. The molecule has 0 atom stereocenters. The fourth-order valence-corrected chi connectivity index (χ4v) is 12.3. The third-order valence-electron chi connectivity index (χ3n) is 15.8. The number of nitrogens with one attached hydrogen (secondary N) is 4. The van der Waals surface area contributed by atoms with Gasteiger partial charge in [0.15, 0.2) is 72.6 Å². The maximum absolute atomic E-state index is 13.8. The van der Waals surface area contributed by atoms with Crippen LogP contribution in [0.5, 0.6) is 23.0 Å². The van der Waals surface area contributed by atoms with E-state index in [0.717, 1.165) is 72.4 Å². The number of aryl methyl sites for hydroxylation is 2. The molecule has 2 aliphatic rings. The molecule has 0 saturated carbocycles. The Balaban J connectivity index is 0.988. The molecule has 0 fully saturated rings. The standard InChI is InChI=1S/C66H58Cl2N12O6/c1-3-79-50-20-10-9-19-41(50)42-29-48-53(31-51(42)79)85-65-61(68)63-66(60(67)62(65)73-48)86-54-32-52-43(30-49(54)74-63)59-46(35-71-39-57(83)77-25-15-7-16-26-77)44(33-69-37-55(81)75-21-11-5-12-22-75)45(34-70-38-56(82)76-23-13-6-14-24-76)47(64(59)80(52)4-2)36-72-40-58(84)78-27-17-8-18-28-78/h5-32,69-72H,3-4,33-40H2,1-2H3/q+4. The first kappa shape index (κ1) is 55.8. The number of aromatic nitrogens is 6. The van der Waals surface area contributed by atoms with Gasteiger partial charge in [-0.25, -0.2) is 29.2 Å². The van der Waals surface area contributed by atoms with Crippen molar-refractivity contribution in [3.8, 4) is 23.0 Å². The average molecular weight is 1190 g/mol. The lowest BCUT2D eigenvalue weighted by molar-refractivity contribution is -0.574. The molecule has 8 heterocycles. The Morgan fingerprint density at radius 1 is 0.442 bits per heavy atom. The van der Waals surface area contributed by atoms with E-state index in [-0.39, 0.29) is 103 Å². The molecule has 5 aromatic carbocycles. The molecule has 0 amide bonds. The summed E-state index contributed by atoms with van der Waals surface area (Å²) in [5, 5.41) is 18.6. The summed E-state index contributed by atoms with van der Waals surface area (Å²) >= 11 is 14.8. The molecule has 18 nitrogen and oxygen atoms in total. The number of carbonyl (C=O) groups is 4. The number of rotatable bonds is 18. The molecule has 0 bridgehead atoms. The van der Waals surface area contributed by atoms with E-state index < -0.39 is 0 Å². The Hall–Kier alpha value is -9.40. The van der Waals surface area contributed by atoms with Gasteiger partial charge in [-0.15, -0.1) is 18.3 Å². The van der Waals surface area contributed by atoms with Crippen LogP contribution in [0.2, 0.25) is 10.0 Å². The van der Waals surface area contributed by atoms with Crippen molar-refractivity contribution >= 4 is 102 Å². The zero-order chi connectivity index (χ0) is 59.0. The third-order valence-corrected chi connectivity index (χ3v) is 16.5. The minimum Gasteiger partial charge on any atom is -0.451 e. The summed E-state index contributed by atoms with van der Waals surface area (Å²) in [4.78, 5) is 65.5. The van der Waals surface area contributed by atoms with Crippen molar-refractivity contribution in [3.05, 3.63) is 214 Å². The van der Waals surface area contributed by atoms with Gasteiger partial charge in [0.1, 0.15) is 58.3 Å². The molecule has 0 saturated heterocycles. The molecule has 11 aromatic rings. The lowest BCUT2D eigenvalue weighted by Crippen LogP contribution is -2.47. The van der Waals surface area contributed by atoms with Crippen molar-refractivity contribution in [2.45, 2.75) is 53.1 Å². The summed E-state index contributed by atoms with van der Waals surface area (Å²) in [6.07, 6.45) is 13.7. The first-order valence-corrected chi connectivity index (χ1v) is 29.2. The summed E-state index contributed by atoms with van der Waals surface area (Å²) in [5.74, 6) is 0.710. The minimum atomic E-state index is -0.183. The van der Waals surface area contributed by atoms with Gasteiger partial charge >= 0.3 is 23.6 Å². The van der Waals surface area contributed by atoms with Gasteiger partial charge in [-0.1, -0.05) is 65.7 Å². The molecule has 0 aliphatic carbocycles. The molecule has 0 unspecified atom stereocenters. The highest BCUT2D eigenvalue weighted by molar-refractivity contribution is 6.35. The van der Waals surface area contributed by atoms with Gasteiger partial charge in [-0.05, 0) is 54.3 Å². The van der Waals surface area contributed by atoms with Crippen LogP contribution in [0.25, 0.3) is 43.6 Å². The molecule has 6 aromatic heterocycles. The maximum Gasteiger partial charge on any atom is 0.406 e. The van der Waals surface area contributed by atoms with Gasteiger partial charge in [-0.3, -0.25) is 0 Å². The second kappa shape index (κ2) is 23.9. The molecule has 20 heteroatoms. The van der Waals surface area contributed by atoms with Crippen molar-refractivity contribution in [2.75, 3.05) is 26.2 Å². The van der Waals surface area contributed by atoms with Gasteiger partial charge < -0.3 is 39.9 Å². The van der Waals surface area contributed by atoms with E-state index in [2.05, 4.69) is 56.4 Å². The Labute approximate surface area is 502 Å². The number of ether oxygens (including phenoxy) is 2. The number of benzene rings is 5. The Bertz CT molecular complexity index is 4680. The first-order valence-electron chi connectivity index (χ1n) is 28.4. The molecular weight excluding hydrogens is 1130 g/mol. The number of halogens is 2. The van der Waals surface area contributed by atoms with E-state index in [0.29, 0.717) is 34.8 Å². The number of hydrogen-bond acceptors (Lipinski definition) is 12. The Morgan fingerprint density at radius 2 is 0.826 bits per heavy atom. The van der Waals surface area contributed by atoms with Crippen LogP contribution in [0, 0.1) is 0 Å². The minimum absolute atomic E-state index is 0.0171. The molecule has 86 heavy (non-hydrogen) atoms. The monoisotopic (exact) mass is 1180 g/mol. The fourth-order valence-electron chi connectivity index (χ4n) is 11.8. The Morgan fingerprint density at radius 3 is 1.27 bits per heavy atom. The zero-order valence-electron chi connectivity index (χ0n) is 47.0. The first-order chi connectivity index (χ1) is 42.1. The summed E-state index contributed by atoms with van der Waals surface area (Å²) in [6, 6.07) is 38.0. The zero-order valence-corrected chi connectivity index (χ0v) is 48.5. The van der Waals surface area contributed by atoms with Crippen molar-refractivity contribution in [1.29, 1.82) is 0 Å². The SMILES string of the molecule is CCn1c2ccccc2c2cc3c(cc21)Oc1c(Cl)c2c(c(Cl)c1=N3)Oc1cc3c(cc1N=2)c1c(CNCC(=O)[n+]2ccccc2)c(CNCC(=O)[n+]2ccccc2)c(CNCC(=O)[n+]2ccccc2)c(CNCC(=O)[n+]2ccccc2)c1n3CC. The topological polar surface area (TPSA) is 185 Å². The van der Waals surface area contributed by atoms with Crippen LogP contribution in [0.1, 0.15) is 55.3 Å². The largest absolute Gasteiger partial charge is 0.451 e. The highest BCUT2D eigenvalue weighted by atomic mass is 35.5. The lowest BCUT2D eigenvalue weighted by atomic mass is 9.90. The van der Waals surface area contributed by atoms with Crippen LogP contribution in [-0.2, 0) is 39.3 Å². The van der Waals surface area contributed by atoms with Crippen molar-refractivity contribution in [2.24, 2.45) is 9.98 Å². The van der Waals surface area contributed by atoms with Crippen molar-refractivity contribution in [1.82, 2.24) is 30.4 Å². The normalized spacial score (nSPS) is 12.2. The molecular formula is C66H58Cl2N12O6+4. The maximum atomic E-state index is 13.8. The Kier molecular flexibility index (Phi) is 15.5. The molecule has 428 valence electrons.